The Morgan fingerprint density at radius 1 is 0.933 bits per heavy atom. The van der Waals surface area contributed by atoms with Gasteiger partial charge in [-0.15, -0.1) is 0 Å². The molecule has 3 heteroatoms. The van der Waals surface area contributed by atoms with Crippen molar-refractivity contribution in [3.8, 4) is 5.75 Å². The molecule has 0 radical (unpaired) electrons. The van der Waals surface area contributed by atoms with Crippen LogP contribution in [-0.4, -0.2) is 11.1 Å². The van der Waals surface area contributed by atoms with E-state index in [9.17, 15) is 0 Å². The monoisotopic (exact) mass is 404 g/mol. The number of pyridine rings is 1. The Morgan fingerprint density at radius 2 is 1.57 bits per heavy atom. The average molecular weight is 405 g/mol. The summed E-state index contributed by atoms with van der Waals surface area (Å²) in [6, 6.07) is 10.6. The highest BCUT2D eigenvalue weighted by molar-refractivity contribution is 5.57. The molecule has 1 aromatic carbocycles. The van der Waals surface area contributed by atoms with Gasteiger partial charge < -0.3 is 10.1 Å². The molecule has 0 bridgehead atoms. The van der Waals surface area contributed by atoms with E-state index in [2.05, 4.69) is 35.1 Å². The van der Waals surface area contributed by atoms with Crippen LogP contribution in [0.15, 0.2) is 49.3 Å². The molecular weight excluding hydrogens is 368 g/mol. The molecule has 1 heterocycles. The highest BCUT2D eigenvalue weighted by atomic mass is 16.5. The van der Waals surface area contributed by atoms with E-state index >= 15 is 0 Å². The van der Waals surface area contributed by atoms with Gasteiger partial charge in [0.1, 0.15) is 11.9 Å². The summed E-state index contributed by atoms with van der Waals surface area (Å²) in [5, 5.41) is 3.46. The maximum atomic E-state index is 6.83. The van der Waals surface area contributed by atoms with E-state index in [1.54, 1.807) is 0 Å². The fraction of sp³-hybridized carbons (Fsp3) is 0.519. The van der Waals surface area contributed by atoms with Gasteiger partial charge in [0.05, 0.1) is 0 Å². The Hall–Kier alpha value is -2.29. The van der Waals surface area contributed by atoms with Crippen molar-refractivity contribution >= 4 is 11.8 Å². The molecular formula is C27H36N2O. The van der Waals surface area contributed by atoms with Gasteiger partial charge in [-0.3, -0.25) is 4.98 Å². The maximum Gasteiger partial charge on any atom is 0.126 e. The number of hydrogen-bond acceptors (Lipinski definition) is 3. The van der Waals surface area contributed by atoms with Crippen molar-refractivity contribution in [1.29, 1.82) is 0 Å². The van der Waals surface area contributed by atoms with Crippen LogP contribution in [0.1, 0.15) is 75.3 Å². The second-order valence-electron chi connectivity index (χ2n) is 9.04. The molecule has 2 saturated carbocycles. The van der Waals surface area contributed by atoms with Crippen molar-refractivity contribution < 1.29 is 4.74 Å². The van der Waals surface area contributed by atoms with Gasteiger partial charge >= 0.3 is 0 Å². The van der Waals surface area contributed by atoms with E-state index in [0.717, 1.165) is 23.5 Å². The summed E-state index contributed by atoms with van der Waals surface area (Å²) in [5.41, 5.74) is 3.43. The van der Waals surface area contributed by atoms with Crippen molar-refractivity contribution in [2.45, 2.75) is 76.9 Å². The minimum Gasteiger partial charge on any atom is -0.489 e. The SMILES string of the molecule is C=Cc1cc(CNc2ccncc2)ccc1OC(C1CCCCC1)C1CCCCC1. The van der Waals surface area contributed by atoms with Crippen LogP contribution in [0, 0.1) is 11.8 Å². The number of ether oxygens (including phenoxy) is 1. The van der Waals surface area contributed by atoms with Crippen LogP contribution in [-0.2, 0) is 6.54 Å². The molecule has 1 N–H and O–H groups in total. The van der Waals surface area contributed by atoms with Crippen molar-refractivity contribution in [2.24, 2.45) is 11.8 Å². The van der Waals surface area contributed by atoms with Gasteiger partial charge in [0.2, 0.25) is 0 Å². The Balaban J connectivity index is 1.48. The van der Waals surface area contributed by atoms with Crippen LogP contribution in [0.25, 0.3) is 6.08 Å². The number of hydrogen-bond donors (Lipinski definition) is 1. The second-order valence-corrected chi connectivity index (χ2v) is 9.04. The lowest BCUT2D eigenvalue weighted by atomic mass is 9.75. The Labute approximate surface area is 182 Å². The van der Waals surface area contributed by atoms with Crippen molar-refractivity contribution in [3.63, 3.8) is 0 Å². The highest BCUT2D eigenvalue weighted by Gasteiger charge is 2.33. The first-order valence-electron chi connectivity index (χ1n) is 11.9. The zero-order valence-electron chi connectivity index (χ0n) is 18.2. The lowest BCUT2D eigenvalue weighted by molar-refractivity contribution is 0.0388. The van der Waals surface area contributed by atoms with Gasteiger partial charge in [-0.1, -0.05) is 57.2 Å². The summed E-state index contributed by atoms with van der Waals surface area (Å²) in [6.07, 6.45) is 19.5. The van der Waals surface area contributed by atoms with Crippen LogP contribution in [0.3, 0.4) is 0 Å². The molecule has 0 spiro atoms. The van der Waals surface area contributed by atoms with Crippen LogP contribution >= 0.6 is 0 Å². The van der Waals surface area contributed by atoms with E-state index in [1.807, 2.05) is 30.6 Å². The number of nitrogens with zero attached hydrogens (tertiary/aromatic N) is 1. The Kier molecular flexibility index (Phi) is 7.44. The van der Waals surface area contributed by atoms with Crippen molar-refractivity contribution in [3.05, 3.63) is 60.4 Å². The molecule has 2 aliphatic rings. The van der Waals surface area contributed by atoms with E-state index in [0.29, 0.717) is 17.9 Å². The normalized spacial score (nSPS) is 18.3. The third-order valence-electron chi connectivity index (χ3n) is 6.96. The molecule has 0 atom stereocenters. The molecule has 4 rings (SSSR count). The molecule has 0 aliphatic heterocycles. The number of anilines is 1. The van der Waals surface area contributed by atoms with Crippen molar-refractivity contribution in [2.75, 3.05) is 5.32 Å². The molecule has 0 amide bonds. The van der Waals surface area contributed by atoms with Crippen LogP contribution in [0.4, 0.5) is 5.69 Å². The summed E-state index contributed by atoms with van der Waals surface area (Å²) in [7, 11) is 0. The molecule has 0 saturated heterocycles. The van der Waals surface area contributed by atoms with Crippen LogP contribution in [0.2, 0.25) is 0 Å². The van der Waals surface area contributed by atoms with Crippen molar-refractivity contribution in [1.82, 2.24) is 4.98 Å². The smallest absolute Gasteiger partial charge is 0.126 e. The van der Waals surface area contributed by atoms with Crippen LogP contribution in [0.5, 0.6) is 5.75 Å². The average Bonchev–Trinajstić information content (AvgIpc) is 2.83. The largest absolute Gasteiger partial charge is 0.489 e. The summed E-state index contributed by atoms with van der Waals surface area (Å²) < 4.78 is 6.83. The van der Waals surface area contributed by atoms with Crippen LogP contribution < -0.4 is 10.1 Å². The first-order chi connectivity index (χ1) is 14.8. The number of rotatable bonds is 8. The topological polar surface area (TPSA) is 34.2 Å². The predicted octanol–water partition coefficient (Wildman–Crippen LogP) is 7.24. The molecule has 160 valence electrons. The molecule has 1 aromatic heterocycles. The highest BCUT2D eigenvalue weighted by Crippen LogP contribution is 2.38. The lowest BCUT2D eigenvalue weighted by Gasteiger charge is -2.38. The summed E-state index contributed by atoms with van der Waals surface area (Å²) in [5.74, 6) is 2.44. The van der Waals surface area contributed by atoms with Gasteiger partial charge in [0.25, 0.3) is 0 Å². The Bertz CT molecular complexity index is 774. The van der Waals surface area contributed by atoms with Gasteiger partial charge in [0.15, 0.2) is 0 Å². The summed E-state index contributed by atoms with van der Waals surface area (Å²) in [6.45, 7) is 4.85. The minimum atomic E-state index is 0.366. The zero-order chi connectivity index (χ0) is 20.6. The molecule has 30 heavy (non-hydrogen) atoms. The maximum absolute atomic E-state index is 6.83. The third-order valence-corrected chi connectivity index (χ3v) is 6.96. The van der Waals surface area contributed by atoms with E-state index in [4.69, 9.17) is 4.74 Å². The van der Waals surface area contributed by atoms with Gasteiger partial charge in [0, 0.05) is 30.2 Å². The predicted molar refractivity (Wildman–Crippen MR) is 126 cm³/mol. The third kappa shape index (κ3) is 5.44. The molecule has 2 aliphatic carbocycles. The standard InChI is InChI=1S/C27H36N2O/c1-2-22-19-21(20-29-25-15-17-28-18-16-25)13-14-26(22)30-27(23-9-5-3-6-10-23)24-11-7-4-8-12-24/h2,13-19,23-24,27H,1,3-12,20H2,(H,28,29). The van der Waals surface area contributed by atoms with E-state index in [-0.39, 0.29) is 0 Å². The first-order valence-corrected chi connectivity index (χ1v) is 11.9. The number of benzene rings is 1. The Morgan fingerprint density at radius 3 is 2.17 bits per heavy atom. The van der Waals surface area contributed by atoms with E-state index < -0.39 is 0 Å². The molecule has 2 fully saturated rings. The van der Waals surface area contributed by atoms with Gasteiger partial charge in [-0.05, 0) is 67.3 Å². The first kappa shape index (κ1) is 21.0. The zero-order valence-corrected chi connectivity index (χ0v) is 18.2. The number of aromatic nitrogens is 1. The number of nitrogens with one attached hydrogen (secondary N) is 1. The molecule has 0 unspecified atom stereocenters. The summed E-state index contributed by atoms with van der Waals surface area (Å²) in [4.78, 5) is 4.07. The molecule has 3 nitrogen and oxygen atoms in total. The van der Waals surface area contributed by atoms with Gasteiger partial charge in [-0.2, -0.15) is 0 Å². The van der Waals surface area contributed by atoms with E-state index in [1.165, 1.54) is 69.8 Å². The fourth-order valence-electron chi connectivity index (χ4n) is 5.30. The molecule has 2 aromatic rings. The minimum absolute atomic E-state index is 0.366. The lowest BCUT2D eigenvalue weighted by Crippen LogP contribution is -2.37. The summed E-state index contributed by atoms with van der Waals surface area (Å²) >= 11 is 0. The second kappa shape index (κ2) is 10.7. The fourth-order valence-corrected chi connectivity index (χ4v) is 5.30. The quantitative estimate of drug-likeness (QED) is 0.503. The van der Waals surface area contributed by atoms with Gasteiger partial charge in [-0.25, -0.2) is 0 Å².